The van der Waals surface area contributed by atoms with E-state index in [4.69, 9.17) is 4.74 Å². The van der Waals surface area contributed by atoms with Crippen molar-refractivity contribution in [3.8, 4) is 0 Å². The molecule has 0 spiro atoms. The van der Waals surface area contributed by atoms with Gasteiger partial charge in [0.05, 0.1) is 25.2 Å². The lowest BCUT2D eigenvalue weighted by Crippen LogP contribution is -2.46. The number of rotatable bonds is 36. The van der Waals surface area contributed by atoms with Gasteiger partial charge in [0.15, 0.2) is 0 Å². The minimum Gasteiger partial charge on any atom is -0.462 e. The second kappa shape index (κ2) is 38.1. The van der Waals surface area contributed by atoms with E-state index in [9.17, 15) is 19.8 Å². The lowest BCUT2D eigenvalue weighted by Gasteiger charge is -2.24. The summed E-state index contributed by atoms with van der Waals surface area (Å²) >= 11 is 0. The highest BCUT2D eigenvalue weighted by Gasteiger charge is 2.24. The van der Waals surface area contributed by atoms with Crippen LogP contribution in [0.3, 0.4) is 0 Å². The zero-order valence-corrected chi connectivity index (χ0v) is 32.8. The average Bonchev–Trinajstić information content (AvgIpc) is 3.10. The van der Waals surface area contributed by atoms with Crippen LogP contribution < -0.4 is 5.32 Å². The number of hydrogen-bond acceptors (Lipinski definition) is 5. The molecular formula is C44H79NO5. The predicted octanol–water partition coefficient (Wildman–Crippen LogP) is 11.6. The Bertz CT molecular complexity index is 880. The zero-order chi connectivity index (χ0) is 36.8. The summed E-state index contributed by atoms with van der Waals surface area (Å²) in [5.41, 5.74) is 0. The van der Waals surface area contributed by atoms with Crippen LogP contribution >= 0.6 is 0 Å². The van der Waals surface area contributed by atoms with Gasteiger partial charge in [-0.2, -0.15) is 0 Å². The molecule has 0 aromatic carbocycles. The van der Waals surface area contributed by atoms with Crippen molar-refractivity contribution >= 4 is 11.9 Å². The quantitative estimate of drug-likeness (QED) is 0.0261. The predicted molar refractivity (Wildman–Crippen MR) is 213 cm³/mol. The number of allylic oxidation sites excluding steroid dienone is 8. The molecule has 0 saturated heterocycles. The summed E-state index contributed by atoms with van der Waals surface area (Å²) in [7, 11) is 0. The molecule has 1 amide bonds. The van der Waals surface area contributed by atoms with Gasteiger partial charge in [-0.15, -0.1) is 0 Å². The number of aliphatic hydroxyl groups is 2. The Balaban J connectivity index is 4.62. The number of carbonyl (C=O) groups excluding carboxylic acids is 2. The Kier molecular flexibility index (Phi) is 36.4. The summed E-state index contributed by atoms with van der Waals surface area (Å²) < 4.78 is 5.85. The van der Waals surface area contributed by atoms with E-state index in [-0.39, 0.29) is 24.9 Å². The van der Waals surface area contributed by atoms with E-state index in [1.165, 1.54) is 51.4 Å². The van der Waals surface area contributed by atoms with E-state index >= 15 is 0 Å². The summed E-state index contributed by atoms with van der Waals surface area (Å²) in [5, 5.41) is 23.5. The third kappa shape index (κ3) is 33.0. The summed E-state index contributed by atoms with van der Waals surface area (Å²) in [6.45, 7) is 6.25. The van der Waals surface area contributed by atoms with Crippen molar-refractivity contribution in [3.05, 3.63) is 48.6 Å². The van der Waals surface area contributed by atoms with Gasteiger partial charge in [0.25, 0.3) is 0 Å². The molecule has 3 N–H and O–H groups in total. The van der Waals surface area contributed by atoms with Gasteiger partial charge in [-0.05, 0) is 64.2 Å². The number of carbonyl (C=O) groups is 2. The number of ether oxygens (including phenoxy) is 1. The Morgan fingerprint density at radius 2 is 1.12 bits per heavy atom. The van der Waals surface area contributed by atoms with Crippen LogP contribution in [0.25, 0.3) is 0 Å². The second-order valence-electron chi connectivity index (χ2n) is 14.1. The normalized spacial score (nSPS) is 13.9. The summed E-state index contributed by atoms with van der Waals surface area (Å²) in [5.74, 6) is -0.522. The Morgan fingerprint density at radius 1 is 0.600 bits per heavy atom. The molecule has 0 fully saturated rings. The van der Waals surface area contributed by atoms with Gasteiger partial charge < -0.3 is 20.3 Å². The van der Waals surface area contributed by atoms with Gasteiger partial charge in [0.2, 0.25) is 5.91 Å². The molecule has 290 valence electrons. The number of hydrogen-bond donors (Lipinski definition) is 3. The fraction of sp³-hybridized carbons (Fsp3) is 0.773. The van der Waals surface area contributed by atoms with E-state index in [1.807, 2.05) is 0 Å². The highest BCUT2D eigenvalue weighted by atomic mass is 16.5. The summed E-state index contributed by atoms with van der Waals surface area (Å²) in [6.07, 6.45) is 43.2. The van der Waals surface area contributed by atoms with Crippen LogP contribution in [0.4, 0.5) is 0 Å². The maximum Gasteiger partial charge on any atom is 0.306 e. The standard InChI is InChI=1S/C44H79NO5/c1-4-7-10-13-16-19-20-21-22-25-28-31-34-37-44(49)50-40(35-32-29-26-23-17-14-11-8-5-2)38-43(48)45-41(39-46)42(47)36-33-30-27-24-18-15-12-9-6-3/h7,10,13-14,16-17,19-20,40-42,46-47H,4-6,8-9,11-12,15,18,21-39H2,1-3H3,(H,45,48)/b10-7+,16-13+,17-14-,20-19-. The van der Waals surface area contributed by atoms with Gasteiger partial charge in [-0.3, -0.25) is 9.59 Å². The molecule has 0 heterocycles. The molecule has 0 saturated carbocycles. The van der Waals surface area contributed by atoms with E-state index in [0.29, 0.717) is 19.3 Å². The first-order chi connectivity index (χ1) is 24.5. The number of unbranched alkanes of at least 4 members (excludes halogenated alkanes) is 18. The van der Waals surface area contributed by atoms with Crippen molar-refractivity contribution in [2.45, 2.75) is 212 Å². The van der Waals surface area contributed by atoms with Crippen molar-refractivity contribution in [1.29, 1.82) is 0 Å². The monoisotopic (exact) mass is 702 g/mol. The molecule has 6 nitrogen and oxygen atoms in total. The van der Waals surface area contributed by atoms with E-state index in [1.54, 1.807) is 0 Å². The fourth-order valence-electron chi connectivity index (χ4n) is 6.00. The first kappa shape index (κ1) is 47.8. The van der Waals surface area contributed by atoms with Crippen LogP contribution in [-0.4, -0.2) is 46.9 Å². The van der Waals surface area contributed by atoms with Crippen LogP contribution in [-0.2, 0) is 14.3 Å². The van der Waals surface area contributed by atoms with Gasteiger partial charge in [0, 0.05) is 6.42 Å². The smallest absolute Gasteiger partial charge is 0.306 e. The summed E-state index contributed by atoms with van der Waals surface area (Å²) in [4.78, 5) is 25.8. The lowest BCUT2D eigenvalue weighted by molar-refractivity contribution is -0.151. The third-order valence-electron chi connectivity index (χ3n) is 9.20. The van der Waals surface area contributed by atoms with Crippen LogP contribution in [0.2, 0.25) is 0 Å². The third-order valence-corrected chi connectivity index (χ3v) is 9.20. The van der Waals surface area contributed by atoms with Crippen LogP contribution in [0.15, 0.2) is 48.6 Å². The molecular weight excluding hydrogens is 622 g/mol. The lowest BCUT2D eigenvalue weighted by atomic mass is 10.0. The van der Waals surface area contributed by atoms with Gasteiger partial charge in [0.1, 0.15) is 6.10 Å². The zero-order valence-electron chi connectivity index (χ0n) is 32.8. The molecule has 6 heteroatoms. The van der Waals surface area contributed by atoms with Crippen molar-refractivity contribution in [2.24, 2.45) is 0 Å². The van der Waals surface area contributed by atoms with Crippen molar-refractivity contribution in [3.63, 3.8) is 0 Å². The molecule has 0 rings (SSSR count). The highest BCUT2D eigenvalue weighted by molar-refractivity contribution is 5.77. The number of esters is 1. The van der Waals surface area contributed by atoms with E-state index in [0.717, 1.165) is 96.3 Å². The number of amides is 1. The SMILES string of the molecule is CC/C=C/C=C/C=C\CCCCCCCC(=O)OC(CCCCC/C=C\CCCC)CC(=O)NC(CO)C(O)CCCCCCCCCCC. The number of nitrogens with one attached hydrogen (secondary N) is 1. The minimum absolute atomic E-state index is 0.0571. The molecule has 0 aromatic heterocycles. The van der Waals surface area contributed by atoms with Crippen LogP contribution in [0.5, 0.6) is 0 Å². The van der Waals surface area contributed by atoms with Crippen LogP contribution in [0.1, 0.15) is 194 Å². The fourth-order valence-corrected chi connectivity index (χ4v) is 6.00. The maximum absolute atomic E-state index is 13.0. The Labute approximate surface area is 308 Å². The van der Waals surface area contributed by atoms with Gasteiger partial charge in [-0.1, -0.05) is 166 Å². The molecule has 0 aliphatic rings. The van der Waals surface area contributed by atoms with Crippen LogP contribution in [0, 0.1) is 0 Å². The highest BCUT2D eigenvalue weighted by Crippen LogP contribution is 2.16. The topological polar surface area (TPSA) is 95.9 Å². The molecule has 50 heavy (non-hydrogen) atoms. The molecule has 3 unspecified atom stereocenters. The van der Waals surface area contributed by atoms with Crippen molar-refractivity contribution in [2.75, 3.05) is 6.61 Å². The largest absolute Gasteiger partial charge is 0.462 e. The minimum atomic E-state index is -0.791. The van der Waals surface area contributed by atoms with Crippen molar-refractivity contribution in [1.82, 2.24) is 5.32 Å². The Morgan fingerprint density at radius 3 is 1.76 bits per heavy atom. The first-order valence-corrected chi connectivity index (χ1v) is 20.9. The molecule has 0 aliphatic carbocycles. The Hall–Kier alpha value is -2.18. The average molecular weight is 702 g/mol. The summed E-state index contributed by atoms with van der Waals surface area (Å²) in [6, 6.07) is -0.706. The second-order valence-corrected chi connectivity index (χ2v) is 14.1. The van der Waals surface area contributed by atoms with Gasteiger partial charge >= 0.3 is 5.97 Å². The molecule has 0 radical (unpaired) electrons. The molecule has 0 aliphatic heterocycles. The maximum atomic E-state index is 13.0. The van der Waals surface area contributed by atoms with Crippen molar-refractivity contribution < 1.29 is 24.5 Å². The van der Waals surface area contributed by atoms with E-state index in [2.05, 4.69) is 74.7 Å². The molecule has 0 bridgehead atoms. The van der Waals surface area contributed by atoms with E-state index < -0.39 is 18.2 Å². The number of aliphatic hydroxyl groups excluding tert-OH is 2. The molecule has 3 atom stereocenters. The first-order valence-electron chi connectivity index (χ1n) is 20.9. The van der Waals surface area contributed by atoms with Gasteiger partial charge in [-0.25, -0.2) is 0 Å². The molecule has 0 aromatic rings.